The third-order valence-electron chi connectivity index (χ3n) is 4.46. The summed E-state index contributed by atoms with van der Waals surface area (Å²) in [6, 6.07) is 14.6. The molecule has 0 aliphatic rings. The normalized spacial score (nSPS) is 10.9. The number of carbonyl (C=O) groups excluding carboxylic acids is 2. The molecular weight excluding hydrogens is 476 g/mol. The van der Waals surface area contributed by atoms with Gasteiger partial charge in [0.1, 0.15) is 18.0 Å². The van der Waals surface area contributed by atoms with Gasteiger partial charge in [0.25, 0.3) is 5.91 Å². The second kappa shape index (κ2) is 13.4. The zero-order valence-corrected chi connectivity index (χ0v) is 20.6. The molecule has 0 atom stereocenters. The third kappa shape index (κ3) is 8.87. The summed E-state index contributed by atoms with van der Waals surface area (Å²) in [6.07, 6.45) is 2.67. The van der Waals surface area contributed by atoms with E-state index in [0.29, 0.717) is 23.7 Å². The largest absolute Gasteiger partial charge is 0.480 e. The Kier molecular flexibility index (Phi) is 10.6. The molecule has 180 valence electrons. The number of carbonyl (C=O) groups is 3. The third-order valence-corrected chi connectivity index (χ3v) is 5.03. The van der Waals surface area contributed by atoms with Crippen molar-refractivity contribution in [2.24, 2.45) is 0 Å². The number of nitrogens with zero attached hydrogens (tertiary/aromatic N) is 2. The highest BCUT2D eigenvalue weighted by Crippen LogP contribution is 2.23. The first-order valence-corrected chi connectivity index (χ1v) is 11.2. The molecule has 1 N–H and O–H groups in total. The monoisotopic (exact) mass is 502 g/mol. The average Bonchev–Trinajstić information content (AvgIpc) is 2.81. The molecule has 0 aromatic heterocycles. The van der Waals surface area contributed by atoms with E-state index >= 15 is 0 Å². The zero-order chi connectivity index (χ0) is 25.1. The molecular formula is C24H26N2O6S2. The molecule has 0 saturated carbocycles. The van der Waals surface area contributed by atoms with E-state index in [-0.39, 0.29) is 11.0 Å². The lowest BCUT2D eigenvalue weighted by molar-refractivity contribution is -0.140. The van der Waals surface area contributed by atoms with Crippen LogP contribution in [0.1, 0.15) is 17.5 Å². The molecule has 34 heavy (non-hydrogen) atoms. The van der Waals surface area contributed by atoms with Crippen molar-refractivity contribution >= 4 is 54.4 Å². The van der Waals surface area contributed by atoms with E-state index in [0.717, 1.165) is 28.8 Å². The topological polar surface area (TPSA) is 96.4 Å². The van der Waals surface area contributed by atoms with Crippen LogP contribution in [-0.2, 0) is 20.7 Å². The molecule has 0 heterocycles. The maximum absolute atomic E-state index is 12.3. The number of hydrogen-bond donors (Lipinski definition) is 2. The Morgan fingerprint density at radius 1 is 1.03 bits per heavy atom. The molecule has 2 rings (SSSR count). The van der Waals surface area contributed by atoms with Gasteiger partial charge < -0.3 is 19.5 Å². The summed E-state index contributed by atoms with van der Waals surface area (Å²) in [5.41, 5.74) is 2.78. The second-order valence-corrected chi connectivity index (χ2v) is 8.08. The maximum Gasteiger partial charge on any atom is 0.409 e. The fourth-order valence-electron chi connectivity index (χ4n) is 2.73. The van der Waals surface area contributed by atoms with Gasteiger partial charge in [0.05, 0.1) is 17.0 Å². The van der Waals surface area contributed by atoms with Crippen LogP contribution in [0.5, 0.6) is 11.5 Å². The van der Waals surface area contributed by atoms with Crippen molar-refractivity contribution in [1.82, 2.24) is 9.80 Å². The molecule has 0 fully saturated rings. The van der Waals surface area contributed by atoms with Crippen LogP contribution in [-0.4, -0.2) is 65.6 Å². The molecule has 2 aromatic carbocycles. The Bertz CT molecular complexity index is 1040. The maximum atomic E-state index is 12.3. The van der Waals surface area contributed by atoms with Crippen molar-refractivity contribution in [3.63, 3.8) is 0 Å². The van der Waals surface area contributed by atoms with E-state index in [1.807, 2.05) is 24.3 Å². The van der Waals surface area contributed by atoms with Gasteiger partial charge in [-0.3, -0.25) is 14.5 Å². The van der Waals surface area contributed by atoms with Crippen molar-refractivity contribution in [2.75, 3.05) is 27.2 Å². The van der Waals surface area contributed by atoms with Gasteiger partial charge in [0.15, 0.2) is 0 Å². The van der Waals surface area contributed by atoms with E-state index < -0.39 is 18.4 Å². The van der Waals surface area contributed by atoms with E-state index in [1.54, 1.807) is 38.4 Å². The number of hydrogen-bond acceptors (Lipinski definition) is 7. The minimum absolute atomic E-state index is 0.0584. The number of carboxylic acids is 1. The van der Waals surface area contributed by atoms with Crippen molar-refractivity contribution < 1.29 is 29.0 Å². The fourth-order valence-corrected chi connectivity index (χ4v) is 3.17. The lowest BCUT2D eigenvalue weighted by atomic mass is 10.1. The van der Waals surface area contributed by atoms with Gasteiger partial charge >= 0.3 is 12.1 Å². The number of amides is 2. The van der Waals surface area contributed by atoms with Crippen molar-refractivity contribution in [3.05, 3.63) is 64.6 Å². The van der Waals surface area contributed by atoms with Crippen molar-refractivity contribution in [3.8, 4) is 11.5 Å². The fraction of sp³-hybridized carbons (Fsp3) is 0.250. The van der Waals surface area contributed by atoms with E-state index in [2.05, 4.69) is 12.6 Å². The van der Waals surface area contributed by atoms with Gasteiger partial charge in [-0.25, -0.2) is 4.79 Å². The Morgan fingerprint density at radius 3 is 2.15 bits per heavy atom. The smallest absolute Gasteiger partial charge is 0.409 e. The van der Waals surface area contributed by atoms with E-state index in [4.69, 9.17) is 26.8 Å². The SMILES string of the molecule is CN(C)C(=O)OCCCc1ccc(Oc2ccc(/C=C(/S)C(=O)N(C=S)CC(=O)O)cc2)cc1. The quantitative estimate of drug-likeness (QED) is 0.205. The number of carboxylic acid groups (broad SMARTS) is 1. The predicted molar refractivity (Wildman–Crippen MR) is 136 cm³/mol. The molecule has 8 nitrogen and oxygen atoms in total. The number of benzene rings is 2. The first kappa shape index (κ1) is 26.9. The molecule has 0 radical (unpaired) electrons. The molecule has 2 amide bonds. The number of ether oxygens (including phenoxy) is 2. The Morgan fingerprint density at radius 2 is 1.62 bits per heavy atom. The molecule has 0 bridgehead atoms. The van der Waals surface area contributed by atoms with Crippen LogP contribution in [0.2, 0.25) is 0 Å². The summed E-state index contributed by atoms with van der Waals surface area (Å²) < 4.78 is 11.0. The standard InChI is InChI=1S/C24H26N2O6S2/c1-25(2)24(30)31-13-3-4-17-5-9-19(10-6-17)32-20-11-7-18(8-12-20)14-21(34)23(29)26(16-33)15-22(27)28/h5-12,14,16,34H,3-4,13,15H2,1-2H3,(H,27,28)/b21-14+. The number of thiocarbonyl (C=S) groups is 1. The molecule has 0 saturated heterocycles. The number of thiol groups is 1. The van der Waals surface area contributed by atoms with Crippen LogP contribution in [0.25, 0.3) is 6.08 Å². The summed E-state index contributed by atoms with van der Waals surface area (Å²) in [7, 11) is 3.29. The number of rotatable bonds is 11. The van der Waals surface area contributed by atoms with Gasteiger partial charge in [0, 0.05) is 14.1 Å². The summed E-state index contributed by atoms with van der Waals surface area (Å²) in [4.78, 5) is 36.8. The predicted octanol–water partition coefficient (Wildman–Crippen LogP) is 4.25. The van der Waals surface area contributed by atoms with Crippen LogP contribution in [0.4, 0.5) is 4.79 Å². The molecule has 10 heteroatoms. The molecule has 2 aromatic rings. The average molecular weight is 503 g/mol. The first-order valence-electron chi connectivity index (χ1n) is 10.3. The Labute approximate surface area is 209 Å². The molecule has 0 aliphatic carbocycles. The molecule has 0 spiro atoms. The highest BCUT2D eigenvalue weighted by Gasteiger charge is 2.16. The lowest BCUT2D eigenvalue weighted by Gasteiger charge is -2.14. The van der Waals surface area contributed by atoms with Crippen LogP contribution in [0, 0.1) is 0 Å². The lowest BCUT2D eigenvalue weighted by Crippen LogP contribution is -2.33. The summed E-state index contributed by atoms with van der Waals surface area (Å²) in [6.45, 7) is -0.172. The Hall–Kier alpha value is -3.37. The van der Waals surface area contributed by atoms with Crippen molar-refractivity contribution in [2.45, 2.75) is 12.8 Å². The van der Waals surface area contributed by atoms with Gasteiger partial charge in [-0.2, -0.15) is 0 Å². The van der Waals surface area contributed by atoms with Crippen LogP contribution < -0.4 is 4.74 Å². The van der Waals surface area contributed by atoms with Gasteiger partial charge in [-0.15, -0.1) is 12.6 Å². The second-order valence-electron chi connectivity index (χ2n) is 7.39. The summed E-state index contributed by atoms with van der Waals surface area (Å²) in [5, 5.41) is 8.85. The summed E-state index contributed by atoms with van der Waals surface area (Å²) in [5.74, 6) is -0.493. The van der Waals surface area contributed by atoms with E-state index in [1.165, 1.54) is 11.0 Å². The minimum Gasteiger partial charge on any atom is -0.480 e. The first-order chi connectivity index (χ1) is 16.2. The van der Waals surface area contributed by atoms with Crippen LogP contribution in [0.15, 0.2) is 53.4 Å². The highest BCUT2D eigenvalue weighted by atomic mass is 32.1. The zero-order valence-electron chi connectivity index (χ0n) is 18.8. The van der Waals surface area contributed by atoms with Gasteiger partial charge in [-0.05, 0) is 54.3 Å². The summed E-state index contributed by atoms with van der Waals surface area (Å²) >= 11 is 8.87. The molecule has 0 unspecified atom stereocenters. The van der Waals surface area contributed by atoms with Gasteiger partial charge in [-0.1, -0.05) is 36.5 Å². The van der Waals surface area contributed by atoms with E-state index in [9.17, 15) is 14.4 Å². The highest BCUT2D eigenvalue weighted by molar-refractivity contribution is 7.85. The number of aryl methyl sites for hydroxylation is 1. The Balaban J connectivity index is 1.90. The van der Waals surface area contributed by atoms with Crippen LogP contribution in [0.3, 0.4) is 0 Å². The van der Waals surface area contributed by atoms with Crippen molar-refractivity contribution in [1.29, 1.82) is 0 Å². The van der Waals surface area contributed by atoms with Crippen LogP contribution >= 0.6 is 24.8 Å². The minimum atomic E-state index is -1.17. The van der Waals surface area contributed by atoms with Gasteiger partial charge in [0.2, 0.25) is 0 Å². The molecule has 0 aliphatic heterocycles. The number of aliphatic carboxylic acids is 1.